The molecule has 3 heterocycles. The van der Waals surface area contributed by atoms with Crippen LogP contribution in [0, 0.1) is 12.7 Å². The first kappa shape index (κ1) is 18.9. The van der Waals surface area contributed by atoms with Gasteiger partial charge in [0.25, 0.3) is 11.8 Å². The molecule has 4 aromatic rings. The maximum Gasteiger partial charge on any atom is 0.350 e. The van der Waals surface area contributed by atoms with Crippen LogP contribution in [0.4, 0.5) is 4.39 Å². The van der Waals surface area contributed by atoms with E-state index in [-0.39, 0.29) is 18.3 Å². The van der Waals surface area contributed by atoms with Crippen LogP contribution in [-0.4, -0.2) is 21.2 Å². The van der Waals surface area contributed by atoms with Crippen molar-refractivity contribution in [1.29, 1.82) is 0 Å². The van der Waals surface area contributed by atoms with Gasteiger partial charge >= 0.3 is 5.97 Å². The molecule has 0 unspecified atom stereocenters. The Morgan fingerprint density at radius 2 is 1.96 bits per heavy atom. The summed E-state index contributed by atoms with van der Waals surface area (Å²) in [6.45, 7) is 1.58. The summed E-state index contributed by atoms with van der Waals surface area (Å²) in [4.78, 5) is 18.0. The number of aryl methyl sites for hydroxylation is 1. The molecule has 6 nitrogen and oxygen atoms in total. The Balaban J connectivity index is 1.44. The molecule has 4 rings (SSSR count). The van der Waals surface area contributed by atoms with Gasteiger partial charge in [0.2, 0.25) is 0 Å². The summed E-state index contributed by atoms with van der Waals surface area (Å²) < 4.78 is 24.8. The summed E-state index contributed by atoms with van der Waals surface area (Å²) in [5, 5.41) is 8.48. The van der Waals surface area contributed by atoms with Crippen molar-refractivity contribution in [1.82, 2.24) is 15.2 Å². The number of benzene rings is 1. The van der Waals surface area contributed by atoms with Gasteiger partial charge in [-0.05, 0) is 59.3 Å². The molecule has 142 valence electrons. The van der Waals surface area contributed by atoms with Crippen LogP contribution >= 0.6 is 38.6 Å². The number of rotatable bonds is 5. The molecule has 0 radical (unpaired) electrons. The molecule has 0 N–H and O–H groups in total. The molecule has 0 aliphatic heterocycles. The third kappa shape index (κ3) is 4.03. The number of carbonyl (C=O) groups excluding carboxylic acids is 1. The summed E-state index contributed by atoms with van der Waals surface area (Å²) >= 11 is 6.03. The van der Waals surface area contributed by atoms with Crippen molar-refractivity contribution in [3.8, 4) is 21.3 Å². The highest BCUT2D eigenvalue weighted by atomic mass is 79.9. The zero-order valence-electron chi connectivity index (χ0n) is 14.3. The van der Waals surface area contributed by atoms with Crippen molar-refractivity contribution in [3.05, 3.63) is 62.5 Å². The quantitative estimate of drug-likeness (QED) is 0.352. The monoisotopic (exact) mass is 479 g/mol. The predicted molar refractivity (Wildman–Crippen MR) is 107 cm³/mol. The zero-order valence-corrected chi connectivity index (χ0v) is 17.5. The molecule has 3 aromatic heterocycles. The molecule has 28 heavy (non-hydrogen) atoms. The van der Waals surface area contributed by atoms with Gasteiger partial charge in [0.1, 0.15) is 15.7 Å². The second-order valence-electron chi connectivity index (χ2n) is 5.62. The largest absolute Gasteiger partial charge is 0.451 e. The fraction of sp³-hybridized carbons (Fsp3) is 0.111. The fourth-order valence-electron chi connectivity index (χ4n) is 2.34. The minimum atomic E-state index is -0.526. The second-order valence-corrected chi connectivity index (χ2v) is 9.08. The topological polar surface area (TPSA) is 78.1 Å². The number of halogens is 2. The van der Waals surface area contributed by atoms with Crippen LogP contribution in [0.2, 0.25) is 0 Å². The van der Waals surface area contributed by atoms with E-state index in [4.69, 9.17) is 9.15 Å². The molecule has 0 aliphatic carbocycles. The molecule has 0 amide bonds. The van der Waals surface area contributed by atoms with Crippen LogP contribution in [0.15, 0.2) is 44.6 Å². The lowest BCUT2D eigenvalue weighted by atomic mass is 10.2. The van der Waals surface area contributed by atoms with E-state index in [0.29, 0.717) is 21.5 Å². The lowest BCUT2D eigenvalue weighted by molar-refractivity contribution is 0.0443. The molecule has 0 fully saturated rings. The van der Waals surface area contributed by atoms with Gasteiger partial charge in [-0.3, -0.25) is 0 Å². The van der Waals surface area contributed by atoms with Gasteiger partial charge in [0.05, 0.1) is 14.4 Å². The highest BCUT2D eigenvalue weighted by molar-refractivity contribution is 9.11. The van der Waals surface area contributed by atoms with E-state index < -0.39 is 5.97 Å². The minimum Gasteiger partial charge on any atom is -0.451 e. The molecule has 0 saturated heterocycles. The third-order valence-corrected chi connectivity index (χ3v) is 6.45. The van der Waals surface area contributed by atoms with Gasteiger partial charge in [0, 0.05) is 5.56 Å². The second kappa shape index (κ2) is 7.90. The first-order valence-corrected chi connectivity index (χ1v) is 10.4. The lowest BCUT2D eigenvalue weighted by Crippen LogP contribution is -2.05. The standard InChI is InChI=1S/C18H11BrFN3O3S2/c1-9-15(28-17(21-9)10-2-4-11(20)5-3-10)18(24)25-8-14-22-23-16(26-14)12-6-7-13(19)27-12/h2-7H,8H2,1H3. The third-order valence-electron chi connectivity index (χ3n) is 3.65. The fourth-order valence-corrected chi connectivity index (χ4v) is 4.61. The van der Waals surface area contributed by atoms with E-state index in [2.05, 4.69) is 31.1 Å². The molecule has 0 bridgehead atoms. The van der Waals surface area contributed by atoms with Gasteiger partial charge in [0.15, 0.2) is 6.61 Å². The van der Waals surface area contributed by atoms with Gasteiger partial charge in [-0.1, -0.05) is 0 Å². The summed E-state index contributed by atoms with van der Waals surface area (Å²) in [7, 11) is 0. The Kier molecular flexibility index (Phi) is 5.33. The summed E-state index contributed by atoms with van der Waals surface area (Å²) in [5.74, 6) is -0.282. The normalized spacial score (nSPS) is 11.0. The molecule has 0 atom stereocenters. The number of nitrogens with zero attached hydrogens (tertiary/aromatic N) is 3. The molecular formula is C18H11BrFN3O3S2. The van der Waals surface area contributed by atoms with E-state index in [0.717, 1.165) is 14.2 Å². The molecule has 0 aliphatic rings. The highest BCUT2D eigenvalue weighted by Crippen LogP contribution is 2.31. The molecule has 10 heteroatoms. The maximum absolute atomic E-state index is 13.1. The van der Waals surface area contributed by atoms with Gasteiger partial charge in [-0.25, -0.2) is 14.2 Å². The number of esters is 1. The zero-order chi connectivity index (χ0) is 19.7. The average molecular weight is 480 g/mol. The van der Waals surface area contributed by atoms with Crippen molar-refractivity contribution in [3.63, 3.8) is 0 Å². The number of hydrogen-bond acceptors (Lipinski definition) is 8. The lowest BCUT2D eigenvalue weighted by Gasteiger charge is -1.99. The maximum atomic E-state index is 13.1. The van der Waals surface area contributed by atoms with Crippen LogP contribution in [0.25, 0.3) is 21.3 Å². The Morgan fingerprint density at radius 1 is 1.18 bits per heavy atom. The van der Waals surface area contributed by atoms with Gasteiger partial charge in [-0.15, -0.1) is 32.9 Å². The van der Waals surface area contributed by atoms with Crippen LogP contribution in [0.3, 0.4) is 0 Å². The Morgan fingerprint density at radius 3 is 2.68 bits per heavy atom. The van der Waals surface area contributed by atoms with Crippen LogP contribution in [-0.2, 0) is 11.3 Å². The van der Waals surface area contributed by atoms with Crippen molar-refractivity contribution < 1.29 is 18.3 Å². The highest BCUT2D eigenvalue weighted by Gasteiger charge is 2.19. The van der Waals surface area contributed by atoms with Crippen LogP contribution in [0.5, 0.6) is 0 Å². The summed E-state index contributed by atoms with van der Waals surface area (Å²) in [6.07, 6.45) is 0. The number of carbonyl (C=O) groups is 1. The van der Waals surface area contributed by atoms with Crippen molar-refractivity contribution in [2.75, 3.05) is 0 Å². The van der Waals surface area contributed by atoms with Gasteiger partial charge in [-0.2, -0.15) is 0 Å². The predicted octanol–water partition coefficient (Wildman–Crippen LogP) is 5.49. The van der Waals surface area contributed by atoms with Crippen LogP contribution in [0.1, 0.15) is 21.3 Å². The average Bonchev–Trinajstić information content (AvgIpc) is 3.40. The van der Waals surface area contributed by atoms with Crippen molar-refractivity contribution in [2.45, 2.75) is 13.5 Å². The molecule has 0 spiro atoms. The smallest absolute Gasteiger partial charge is 0.350 e. The van der Waals surface area contributed by atoms with Crippen molar-refractivity contribution >= 4 is 44.6 Å². The summed E-state index contributed by atoms with van der Waals surface area (Å²) in [5.41, 5.74) is 1.28. The summed E-state index contributed by atoms with van der Waals surface area (Å²) in [6, 6.07) is 9.68. The number of thiophene rings is 1. The first-order valence-electron chi connectivity index (χ1n) is 7.98. The number of thiazole rings is 1. The Bertz CT molecular complexity index is 1140. The minimum absolute atomic E-state index is 0.137. The number of hydrogen-bond donors (Lipinski definition) is 0. The molecule has 0 saturated carbocycles. The number of ether oxygens (including phenoxy) is 1. The van der Waals surface area contributed by atoms with Crippen LogP contribution < -0.4 is 0 Å². The van der Waals surface area contributed by atoms with E-state index in [9.17, 15) is 9.18 Å². The van der Waals surface area contributed by atoms with E-state index in [1.165, 1.54) is 34.8 Å². The SMILES string of the molecule is Cc1nc(-c2ccc(F)cc2)sc1C(=O)OCc1nnc(-c2ccc(Br)s2)o1. The van der Waals surface area contributed by atoms with E-state index in [1.807, 2.05) is 12.1 Å². The van der Waals surface area contributed by atoms with Gasteiger partial charge < -0.3 is 9.15 Å². The Labute approximate surface area is 175 Å². The van der Waals surface area contributed by atoms with Crippen molar-refractivity contribution in [2.24, 2.45) is 0 Å². The molecular weight excluding hydrogens is 469 g/mol. The number of aromatic nitrogens is 3. The Hall–Kier alpha value is -2.43. The molecule has 1 aromatic carbocycles. The first-order chi connectivity index (χ1) is 13.5. The van der Waals surface area contributed by atoms with E-state index >= 15 is 0 Å². The van der Waals surface area contributed by atoms with E-state index in [1.54, 1.807) is 19.1 Å².